The molecule has 18 heavy (non-hydrogen) atoms. The van der Waals surface area contributed by atoms with Gasteiger partial charge < -0.3 is 5.73 Å². The Morgan fingerprint density at radius 2 is 2.00 bits per heavy atom. The number of hydrogen-bond donors (Lipinski definition) is 1. The van der Waals surface area contributed by atoms with Crippen LogP contribution in [0.4, 0.5) is 19.0 Å². The van der Waals surface area contributed by atoms with E-state index in [-0.39, 0.29) is 17.3 Å². The van der Waals surface area contributed by atoms with E-state index in [1.54, 1.807) is 0 Å². The van der Waals surface area contributed by atoms with Crippen LogP contribution in [0.15, 0.2) is 23.2 Å². The molecule has 0 saturated heterocycles. The first kappa shape index (κ1) is 14.7. The zero-order valence-electron chi connectivity index (χ0n) is 9.48. The largest absolute Gasteiger partial charge is 0.402 e. The number of sulfonamides is 1. The van der Waals surface area contributed by atoms with Crippen LogP contribution in [-0.4, -0.2) is 37.0 Å². The van der Waals surface area contributed by atoms with Gasteiger partial charge in [0.05, 0.1) is 0 Å². The van der Waals surface area contributed by atoms with Gasteiger partial charge in [-0.05, 0) is 12.1 Å². The summed E-state index contributed by atoms with van der Waals surface area (Å²) in [6.07, 6.45) is -3.66. The zero-order chi connectivity index (χ0) is 14.0. The van der Waals surface area contributed by atoms with Crippen molar-refractivity contribution in [1.82, 2.24) is 9.29 Å². The summed E-state index contributed by atoms with van der Waals surface area (Å²) < 4.78 is 60.9. The molecule has 2 N–H and O–H groups in total. The lowest BCUT2D eigenvalue weighted by Crippen LogP contribution is -2.38. The van der Waals surface area contributed by atoms with Crippen molar-refractivity contribution in [2.24, 2.45) is 0 Å². The molecule has 0 amide bonds. The van der Waals surface area contributed by atoms with Crippen molar-refractivity contribution in [3.05, 3.63) is 18.3 Å². The second kappa shape index (κ2) is 5.11. The van der Waals surface area contributed by atoms with Gasteiger partial charge in [0.1, 0.15) is 17.3 Å². The molecule has 0 fully saturated rings. The lowest BCUT2D eigenvalue weighted by molar-refractivity contribution is -0.135. The summed E-state index contributed by atoms with van der Waals surface area (Å²) in [7, 11) is -4.21. The van der Waals surface area contributed by atoms with Crippen LogP contribution < -0.4 is 5.73 Å². The quantitative estimate of drug-likeness (QED) is 0.902. The molecule has 0 aliphatic rings. The van der Waals surface area contributed by atoms with Crippen LogP contribution in [0.5, 0.6) is 0 Å². The number of halogens is 3. The van der Waals surface area contributed by atoms with Crippen molar-refractivity contribution >= 4 is 15.8 Å². The molecule has 0 atom stereocenters. The van der Waals surface area contributed by atoms with Crippen molar-refractivity contribution in [3.63, 3.8) is 0 Å². The molecule has 5 nitrogen and oxygen atoms in total. The first-order chi connectivity index (χ1) is 8.16. The van der Waals surface area contributed by atoms with Gasteiger partial charge in [-0.15, -0.1) is 0 Å². The van der Waals surface area contributed by atoms with Gasteiger partial charge in [-0.2, -0.15) is 17.5 Å². The fourth-order valence-corrected chi connectivity index (χ4v) is 2.64. The van der Waals surface area contributed by atoms with E-state index in [1.807, 2.05) is 0 Å². The Morgan fingerprint density at radius 3 is 2.39 bits per heavy atom. The number of rotatable bonds is 4. The van der Waals surface area contributed by atoms with Crippen molar-refractivity contribution in [1.29, 1.82) is 0 Å². The van der Waals surface area contributed by atoms with Crippen LogP contribution in [0.1, 0.15) is 6.92 Å². The molecule has 1 aromatic heterocycles. The smallest absolute Gasteiger partial charge is 0.384 e. The number of pyridine rings is 1. The summed E-state index contributed by atoms with van der Waals surface area (Å²) >= 11 is 0. The highest BCUT2D eigenvalue weighted by molar-refractivity contribution is 7.89. The first-order valence-corrected chi connectivity index (χ1v) is 6.39. The number of nitrogens with zero attached hydrogens (tertiary/aromatic N) is 2. The zero-order valence-corrected chi connectivity index (χ0v) is 10.3. The minimum absolute atomic E-state index is 0.0906. The standard InChI is InChI=1S/C9H12F3N3O2S/c1-2-15(6-9(10,11)12)18(16,17)7-3-4-8(13)14-5-7/h3-5H,2,6H2,1H3,(H2,13,14). The monoisotopic (exact) mass is 283 g/mol. The van der Waals surface area contributed by atoms with Gasteiger partial charge in [-0.25, -0.2) is 13.4 Å². The maximum absolute atomic E-state index is 12.3. The van der Waals surface area contributed by atoms with E-state index in [0.717, 1.165) is 12.3 Å². The highest BCUT2D eigenvalue weighted by Gasteiger charge is 2.36. The summed E-state index contributed by atoms with van der Waals surface area (Å²) in [5.41, 5.74) is 5.28. The third-order valence-corrected chi connectivity index (χ3v) is 4.01. The Labute approximate surface area is 102 Å². The fourth-order valence-electron chi connectivity index (χ4n) is 1.26. The SMILES string of the molecule is CCN(CC(F)(F)F)S(=O)(=O)c1ccc(N)nc1. The minimum atomic E-state index is -4.59. The Hall–Kier alpha value is -1.35. The highest BCUT2D eigenvalue weighted by Crippen LogP contribution is 2.22. The fraction of sp³-hybridized carbons (Fsp3) is 0.444. The summed E-state index contributed by atoms with van der Waals surface area (Å²) in [5.74, 6) is 0.0906. The van der Waals surface area contributed by atoms with E-state index in [1.165, 1.54) is 13.0 Å². The van der Waals surface area contributed by atoms with Crippen molar-refractivity contribution in [2.45, 2.75) is 18.0 Å². The number of hydrogen-bond acceptors (Lipinski definition) is 4. The summed E-state index contributed by atoms with van der Waals surface area (Å²) in [6.45, 7) is -0.490. The van der Waals surface area contributed by atoms with Crippen molar-refractivity contribution in [3.8, 4) is 0 Å². The predicted octanol–water partition coefficient (Wildman–Crippen LogP) is 1.24. The predicted molar refractivity (Wildman–Crippen MR) is 59.1 cm³/mol. The molecule has 0 spiro atoms. The summed E-state index contributed by atoms with van der Waals surface area (Å²) in [6, 6.07) is 2.34. The highest BCUT2D eigenvalue weighted by atomic mass is 32.2. The Bertz CT molecular complexity index is 499. The molecular weight excluding hydrogens is 271 g/mol. The molecule has 9 heteroatoms. The molecule has 0 unspecified atom stereocenters. The molecule has 1 heterocycles. The van der Waals surface area contributed by atoms with Crippen LogP contribution in [0, 0.1) is 0 Å². The van der Waals surface area contributed by atoms with E-state index in [4.69, 9.17) is 5.73 Å². The maximum Gasteiger partial charge on any atom is 0.402 e. The number of aromatic nitrogens is 1. The van der Waals surface area contributed by atoms with Gasteiger partial charge >= 0.3 is 6.18 Å². The van der Waals surface area contributed by atoms with Gasteiger partial charge in [-0.3, -0.25) is 0 Å². The second-order valence-electron chi connectivity index (χ2n) is 3.47. The normalized spacial score (nSPS) is 12.9. The maximum atomic E-state index is 12.3. The van der Waals surface area contributed by atoms with Crippen molar-refractivity contribution in [2.75, 3.05) is 18.8 Å². The second-order valence-corrected chi connectivity index (χ2v) is 5.40. The van der Waals surface area contributed by atoms with Crippen LogP contribution in [0.3, 0.4) is 0 Å². The molecule has 0 aliphatic heterocycles. The topological polar surface area (TPSA) is 76.3 Å². The summed E-state index contributed by atoms with van der Waals surface area (Å²) in [5, 5.41) is 0. The van der Waals surface area contributed by atoms with Gasteiger partial charge in [0, 0.05) is 12.7 Å². The molecule has 1 aromatic rings. The van der Waals surface area contributed by atoms with Crippen LogP contribution in [0.25, 0.3) is 0 Å². The lowest BCUT2D eigenvalue weighted by Gasteiger charge is -2.21. The van der Waals surface area contributed by atoms with E-state index in [2.05, 4.69) is 4.98 Å². The van der Waals surface area contributed by atoms with E-state index < -0.39 is 22.7 Å². The van der Waals surface area contributed by atoms with Gasteiger partial charge in [0.2, 0.25) is 10.0 Å². The third kappa shape index (κ3) is 3.57. The average molecular weight is 283 g/mol. The number of nitrogens with two attached hydrogens (primary N) is 1. The van der Waals surface area contributed by atoms with Crippen molar-refractivity contribution < 1.29 is 21.6 Å². The number of alkyl halides is 3. The van der Waals surface area contributed by atoms with E-state index in [9.17, 15) is 21.6 Å². The van der Waals surface area contributed by atoms with Crippen LogP contribution >= 0.6 is 0 Å². The third-order valence-electron chi connectivity index (χ3n) is 2.11. The Kier molecular flexibility index (Phi) is 4.17. The lowest BCUT2D eigenvalue weighted by atomic mass is 10.5. The van der Waals surface area contributed by atoms with Crippen LogP contribution in [0.2, 0.25) is 0 Å². The molecule has 0 aromatic carbocycles. The Balaban J connectivity index is 3.07. The molecular formula is C9H12F3N3O2S. The molecule has 0 bridgehead atoms. The number of anilines is 1. The average Bonchev–Trinajstić information content (AvgIpc) is 2.25. The molecule has 0 aliphatic carbocycles. The molecule has 1 rings (SSSR count). The minimum Gasteiger partial charge on any atom is -0.384 e. The Morgan fingerprint density at radius 1 is 1.39 bits per heavy atom. The van der Waals surface area contributed by atoms with Crippen LogP contribution in [-0.2, 0) is 10.0 Å². The summed E-state index contributed by atoms with van der Waals surface area (Å²) in [4.78, 5) is 3.23. The van der Waals surface area contributed by atoms with E-state index in [0.29, 0.717) is 4.31 Å². The molecule has 0 saturated carbocycles. The molecule has 0 radical (unpaired) electrons. The molecule has 102 valence electrons. The van der Waals surface area contributed by atoms with Gasteiger partial charge in [0.25, 0.3) is 0 Å². The van der Waals surface area contributed by atoms with Gasteiger partial charge in [0.15, 0.2) is 0 Å². The number of nitrogen functional groups attached to an aromatic ring is 1. The van der Waals surface area contributed by atoms with E-state index >= 15 is 0 Å². The van der Waals surface area contributed by atoms with Gasteiger partial charge in [-0.1, -0.05) is 6.92 Å². The first-order valence-electron chi connectivity index (χ1n) is 4.95.